The highest BCUT2D eigenvalue weighted by atomic mass is 79.9. The summed E-state index contributed by atoms with van der Waals surface area (Å²) < 4.78 is 8.12. The van der Waals surface area contributed by atoms with Gasteiger partial charge >= 0.3 is 0 Å². The highest BCUT2D eigenvalue weighted by Gasteiger charge is 2.11. The fraction of sp³-hybridized carbons (Fsp3) is 0.154. The molecule has 0 aliphatic heterocycles. The van der Waals surface area contributed by atoms with Crippen molar-refractivity contribution in [2.24, 2.45) is 0 Å². The largest absolute Gasteiger partial charge is 0.467 e. The topological polar surface area (TPSA) is 42.5 Å². The average molecular weight is 341 g/mol. The van der Waals surface area contributed by atoms with Gasteiger partial charge in [0.15, 0.2) is 5.15 Å². The van der Waals surface area contributed by atoms with E-state index in [2.05, 4.69) is 26.3 Å². The molecule has 0 bridgehead atoms. The number of halogens is 2. The van der Waals surface area contributed by atoms with Crippen molar-refractivity contribution in [1.29, 1.82) is 0 Å². The van der Waals surface area contributed by atoms with E-state index < -0.39 is 0 Å². The van der Waals surface area contributed by atoms with Crippen LogP contribution in [0.5, 0.6) is 0 Å². The quantitative estimate of drug-likeness (QED) is 0.774. The molecule has 6 heteroatoms. The second-order valence-corrected chi connectivity index (χ2v) is 5.43. The van der Waals surface area contributed by atoms with Crippen LogP contribution in [0, 0.1) is 6.92 Å². The molecule has 98 valence electrons. The summed E-state index contributed by atoms with van der Waals surface area (Å²) in [6.07, 6.45) is 1.66. The lowest BCUT2D eigenvalue weighted by Crippen LogP contribution is -2.03. The molecule has 0 amide bonds. The van der Waals surface area contributed by atoms with Crippen LogP contribution < -0.4 is 5.32 Å². The number of nitrogens with zero attached hydrogens (tertiary/aromatic N) is 2. The van der Waals surface area contributed by atoms with Gasteiger partial charge in [0.05, 0.1) is 29.7 Å². The highest BCUT2D eigenvalue weighted by Crippen LogP contribution is 2.28. The van der Waals surface area contributed by atoms with Crippen molar-refractivity contribution in [2.45, 2.75) is 13.5 Å². The molecule has 3 heterocycles. The third-order valence-corrected chi connectivity index (χ3v) is 3.91. The van der Waals surface area contributed by atoms with Gasteiger partial charge in [-0.15, -0.1) is 0 Å². The summed E-state index contributed by atoms with van der Waals surface area (Å²) in [5.41, 5.74) is 2.91. The predicted octanol–water partition coefficient (Wildman–Crippen LogP) is 4.26. The van der Waals surface area contributed by atoms with Crippen molar-refractivity contribution in [3.8, 4) is 0 Å². The molecule has 3 aromatic rings. The second-order valence-electron chi connectivity index (χ2n) is 4.19. The molecule has 3 aromatic heterocycles. The number of aryl methyl sites for hydroxylation is 1. The Morgan fingerprint density at radius 3 is 3.05 bits per heavy atom. The predicted molar refractivity (Wildman–Crippen MR) is 78.7 cm³/mol. The normalized spacial score (nSPS) is 11.1. The van der Waals surface area contributed by atoms with E-state index in [1.165, 1.54) is 0 Å². The van der Waals surface area contributed by atoms with E-state index in [4.69, 9.17) is 16.0 Å². The summed E-state index contributed by atoms with van der Waals surface area (Å²) in [6.45, 7) is 2.58. The van der Waals surface area contributed by atoms with Crippen molar-refractivity contribution >= 4 is 38.7 Å². The SMILES string of the molecule is Cc1c(Br)cc2c(NCc3ccco3)cc(Cl)nn12. The third kappa shape index (κ3) is 2.35. The Morgan fingerprint density at radius 1 is 1.47 bits per heavy atom. The van der Waals surface area contributed by atoms with Crippen molar-refractivity contribution in [2.75, 3.05) is 5.32 Å². The van der Waals surface area contributed by atoms with Gasteiger partial charge < -0.3 is 9.73 Å². The van der Waals surface area contributed by atoms with Crippen molar-refractivity contribution in [3.63, 3.8) is 0 Å². The van der Waals surface area contributed by atoms with Crippen LogP contribution in [0.25, 0.3) is 5.52 Å². The summed E-state index contributed by atoms with van der Waals surface area (Å²) in [5, 5.41) is 8.05. The zero-order valence-corrected chi connectivity index (χ0v) is 12.5. The molecule has 0 unspecified atom stereocenters. The minimum atomic E-state index is 0.445. The lowest BCUT2D eigenvalue weighted by atomic mass is 10.3. The number of hydrogen-bond acceptors (Lipinski definition) is 3. The highest BCUT2D eigenvalue weighted by molar-refractivity contribution is 9.10. The minimum Gasteiger partial charge on any atom is -0.467 e. The molecule has 0 saturated carbocycles. The van der Waals surface area contributed by atoms with Crippen molar-refractivity contribution in [1.82, 2.24) is 9.61 Å². The van der Waals surface area contributed by atoms with Crippen LogP contribution in [-0.4, -0.2) is 9.61 Å². The lowest BCUT2D eigenvalue weighted by molar-refractivity contribution is 0.518. The molecule has 0 aliphatic rings. The lowest BCUT2D eigenvalue weighted by Gasteiger charge is -2.08. The van der Waals surface area contributed by atoms with E-state index in [9.17, 15) is 0 Å². The molecule has 0 atom stereocenters. The smallest absolute Gasteiger partial charge is 0.152 e. The first-order valence-electron chi connectivity index (χ1n) is 5.76. The fourth-order valence-electron chi connectivity index (χ4n) is 1.94. The number of anilines is 1. The van der Waals surface area contributed by atoms with E-state index in [1.807, 2.05) is 35.7 Å². The molecular formula is C13H11BrClN3O. The Morgan fingerprint density at radius 2 is 2.32 bits per heavy atom. The number of nitrogens with one attached hydrogen (secondary N) is 1. The average Bonchev–Trinajstić information content (AvgIpc) is 2.98. The molecule has 0 aliphatic carbocycles. The van der Waals surface area contributed by atoms with E-state index >= 15 is 0 Å². The van der Waals surface area contributed by atoms with Crippen LogP contribution in [0.2, 0.25) is 5.15 Å². The first kappa shape index (κ1) is 12.6. The van der Waals surface area contributed by atoms with Crippen LogP contribution in [-0.2, 0) is 6.54 Å². The van der Waals surface area contributed by atoms with Gasteiger partial charge in [-0.05, 0) is 41.1 Å². The van der Waals surface area contributed by atoms with Gasteiger partial charge in [-0.3, -0.25) is 0 Å². The summed E-state index contributed by atoms with van der Waals surface area (Å²) in [7, 11) is 0. The zero-order valence-electron chi connectivity index (χ0n) is 10.2. The molecule has 0 aromatic carbocycles. The maximum Gasteiger partial charge on any atom is 0.152 e. The van der Waals surface area contributed by atoms with Gasteiger partial charge in [0.1, 0.15) is 5.76 Å². The third-order valence-electron chi connectivity index (χ3n) is 2.92. The summed E-state index contributed by atoms with van der Waals surface area (Å²) in [4.78, 5) is 0. The molecule has 3 rings (SSSR count). The van der Waals surface area contributed by atoms with Gasteiger partial charge in [0, 0.05) is 10.5 Å². The van der Waals surface area contributed by atoms with Gasteiger partial charge in [0.25, 0.3) is 0 Å². The first-order valence-corrected chi connectivity index (χ1v) is 6.93. The summed E-state index contributed by atoms with van der Waals surface area (Å²) in [6, 6.07) is 7.62. The van der Waals surface area contributed by atoms with E-state index in [0.717, 1.165) is 27.1 Å². The van der Waals surface area contributed by atoms with Gasteiger partial charge in [-0.2, -0.15) is 5.10 Å². The van der Waals surface area contributed by atoms with Gasteiger partial charge in [-0.1, -0.05) is 11.6 Å². The van der Waals surface area contributed by atoms with Crippen LogP contribution in [0.4, 0.5) is 5.69 Å². The fourth-order valence-corrected chi connectivity index (χ4v) is 2.51. The number of fused-ring (bicyclic) bond motifs is 1. The van der Waals surface area contributed by atoms with Crippen LogP contribution >= 0.6 is 27.5 Å². The first-order chi connectivity index (χ1) is 9.15. The van der Waals surface area contributed by atoms with Crippen LogP contribution in [0.3, 0.4) is 0 Å². The van der Waals surface area contributed by atoms with Crippen molar-refractivity contribution < 1.29 is 4.42 Å². The summed E-state index contributed by atoms with van der Waals surface area (Å²) in [5.74, 6) is 0.869. The monoisotopic (exact) mass is 339 g/mol. The maximum atomic E-state index is 6.06. The number of hydrogen-bond donors (Lipinski definition) is 1. The Hall–Kier alpha value is -1.46. The molecule has 19 heavy (non-hydrogen) atoms. The van der Waals surface area contributed by atoms with E-state index in [-0.39, 0.29) is 0 Å². The van der Waals surface area contributed by atoms with Crippen LogP contribution in [0.15, 0.2) is 39.4 Å². The number of furan rings is 1. The van der Waals surface area contributed by atoms with Crippen molar-refractivity contribution in [3.05, 3.63) is 51.6 Å². The maximum absolute atomic E-state index is 6.06. The Balaban J connectivity index is 2.00. The van der Waals surface area contributed by atoms with E-state index in [1.54, 1.807) is 6.26 Å². The molecule has 0 fully saturated rings. The van der Waals surface area contributed by atoms with Gasteiger partial charge in [0.2, 0.25) is 0 Å². The second kappa shape index (κ2) is 4.90. The summed E-state index contributed by atoms with van der Waals surface area (Å²) >= 11 is 9.56. The van der Waals surface area contributed by atoms with E-state index in [0.29, 0.717) is 11.7 Å². The Bertz CT molecular complexity index is 721. The molecule has 0 spiro atoms. The van der Waals surface area contributed by atoms with Gasteiger partial charge in [-0.25, -0.2) is 4.52 Å². The number of aromatic nitrogens is 2. The minimum absolute atomic E-state index is 0.445. The molecule has 1 N–H and O–H groups in total. The standard InChI is InChI=1S/C13H11BrClN3O/c1-8-10(14)5-12-11(6-13(15)17-18(8)12)16-7-9-3-2-4-19-9/h2-6,16H,7H2,1H3. The Kier molecular flexibility index (Phi) is 3.24. The molecular weight excluding hydrogens is 330 g/mol. The van der Waals surface area contributed by atoms with Crippen LogP contribution in [0.1, 0.15) is 11.5 Å². The number of rotatable bonds is 3. The molecule has 4 nitrogen and oxygen atoms in total. The molecule has 0 radical (unpaired) electrons. The Labute approximate surface area is 123 Å². The molecule has 0 saturated heterocycles. The zero-order chi connectivity index (χ0) is 13.4.